The van der Waals surface area contributed by atoms with Crippen LogP contribution in [0, 0.1) is 11.8 Å². The second-order valence-corrected chi connectivity index (χ2v) is 9.81. The van der Waals surface area contributed by atoms with Crippen LogP contribution in [0.4, 0.5) is 0 Å². The van der Waals surface area contributed by atoms with Crippen LogP contribution in [0.3, 0.4) is 0 Å². The van der Waals surface area contributed by atoms with Crippen LogP contribution in [0.15, 0.2) is 36.4 Å². The number of piperazine rings is 1. The zero-order valence-electron chi connectivity index (χ0n) is 21.4. The van der Waals surface area contributed by atoms with E-state index in [1.165, 1.54) is 12.0 Å². The number of fused-ring (bicyclic) bond motifs is 3. The maximum atomic E-state index is 13.3. The van der Waals surface area contributed by atoms with Crippen LogP contribution in [0.2, 0.25) is 0 Å². The summed E-state index contributed by atoms with van der Waals surface area (Å²) in [4.78, 5) is 57.0. The number of para-hydroxylation sites is 1. The number of benzene rings is 1. The third kappa shape index (κ3) is 6.88. The number of amides is 4. The van der Waals surface area contributed by atoms with Gasteiger partial charge in [-0.3, -0.25) is 19.2 Å². The lowest BCUT2D eigenvalue weighted by molar-refractivity contribution is -0.144. The largest absolute Gasteiger partial charge is 0.489 e. The van der Waals surface area contributed by atoms with Crippen molar-refractivity contribution in [2.75, 3.05) is 66.1 Å². The third-order valence-electron chi connectivity index (χ3n) is 7.41. The molecule has 3 aliphatic rings. The molecule has 37 heavy (non-hydrogen) atoms. The Balaban J connectivity index is 1.49. The molecule has 200 valence electrons. The van der Waals surface area contributed by atoms with Crippen molar-refractivity contribution < 1.29 is 28.7 Å². The average Bonchev–Trinajstić information content (AvgIpc) is 2.92. The van der Waals surface area contributed by atoms with E-state index in [2.05, 4.69) is 6.08 Å². The van der Waals surface area contributed by atoms with Gasteiger partial charge in [-0.15, -0.1) is 0 Å². The Morgan fingerprint density at radius 3 is 2.59 bits per heavy atom. The van der Waals surface area contributed by atoms with Crippen molar-refractivity contribution in [3.8, 4) is 5.75 Å². The fourth-order valence-electron chi connectivity index (χ4n) is 5.22. The Morgan fingerprint density at radius 1 is 1.05 bits per heavy atom. The number of ether oxygens (including phenoxy) is 2. The smallest absolute Gasteiger partial charge is 0.249 e. The molecular weight excluding hydrogens is 476 g/mol. The Hall–Kier alpha value is -3.40. The number of hydrogen-bond acceptors (Lipinski definition) is 6. The molecule has 0 aromatic heterocycles. The highest BCUT2D eigenvalue weighted by molar-refractivity contribution is 5.85. The van der Waals surface area contributed by atoms with E-state index in [9.17, 15) is 19.2 Å². The van der Waals surface area contributed by atoms with Gasteiger partial charge in [-0.25, -0.2) is 0 Å². The second kappa shape index (κ2) is 12.7. The van der Waals surface area contributed by atoms with Gasteiger partial charge in [0.1, 0.15) is 25.5 Å². The summed E-state index contributed by atoms with van der Waals surface area (Å²) < 4.78 is 11.1. The summed E-state index contributed by atoms with van der Waals surface area (Å²) in [7, 11) is 1.46. The monoisotopic (exact) mass is 512 g/mol. The van der Waals surface area contributed by atoms with Crippen LogP contribution < -0.4 is 4.74 Å². The molecule has 1 aromatic rings. The minimum absolute atomic E-state index is 0.000590. The van der Waals surface area contributed by atoms with Crippen molar-refractivity contribution >= 4 is 24.1 Å². The minimum Gasteiger partial charge on any atom is -0.489 e. The predicted molar refractivity (Wildman–Crippen MR) is 135 cm³/mol. The van der Waals surface area contributed by atoms with Gasteiger partial charge in [0.15, 0.2) is 0 Å². The fourth-order valence-corrected chi connectivity index (χ4v) is 5.22. The van der Waals surface area contributed by atoms with Gasteiger partial charge in [0.2, 0.25) is 24.1 Å². The fraction of sp³-hybridized carbons (Fsp3) is 0.556. The molecule has 0 N–H and O–H groups in total. The number of hydrogen-bond donors (Lipinski definition) is 0. The molecule has 0 saturated carbocycles. The summed E-state index contributed by atoms with van der Waals surface area (Å²) in [5.41, 5.74) is 0.823. The van der Waals surface area contributed by atoms with E-state index in [1.807, 2.05) is 35.2 Å². The maximum Gasteiger partial charge on any atom is 0.249 e. The molecule has 2 fully saturated rings. The summed E-state index contributed by atoms with van der Waals surface area (Å²) in [6.45, 7) is 3.70. The van der Waals surface area contributed by atoms with Gasteiger partial charge in [0.05, 0.1) is 0 Å². The Labute approximate surface area is 217 Å². The van der Waals surface area contributed by atoms with E-state index in [0.717, 1.165) is 12.0 Å². The molecule has 10 nitrogen and oxygen atoms in total. The molecule has 3 heterocycles. The molecule has 2 atom stereocenters. The third-order valence-corrected chi connectivity index (χ3v) is 7.41. The molecule has 0 radical (unpaired) electrons. The standard InChI is InChI=1S/C27H36N4O6/c1-36-19-27(35)31-17-23-5-2-3-7-24(23)37-14-4-6-22-16-30(26(34)18-31)9-8-21(22)15-25(33)29-12-10-28(20-32)11-13-29/h2-7,20-22H,8-19H2,1H3/b6-4-/t21-,22-/m0/s1. The molecule has 4 rings (SSSR count). The average molecular weight is 513 g/mol. The summed E-state index contributed by atoms with van der Waals surface area (Å²) in [5, 5.41) is 0. The van der Waals surface area contributed by atoms with Crippen LogP contribution in [0.1, 0.15) is 18.4 Å². The molecular formula is C27H36N4O6. The number of rotatable bonds is 5. The van der Waals surface area contributed by atoms with E-state index in [0.29, 0.717) is 64.5 Å². The Morgan fingerprint density at radius 2 is 1.84 bits per heavy atom. The highest BCUT2D eigenvalue weighted by Crippen LogP contribution is 2.30. The van der Waals surface area contributed by atoms with Gasteiger partial charge in [-0.05, 0) is 24.3 Å². The van der Waals surface area contributed by atoms with E-state index in [-0.39, 0.29) is 49.3 Å². The van der Waals surface area contributed by atoms with E-state index < -0.39 is 0 Å². The number of piperidine rings is 1. The van der Waals surface area contributed by atoms with Crippen molar-refractivity contribution in [3.05, 3.63) is 42.0 Å². The summed E-state index contributed by atoms with van der Waals surface area (Å²) >= 11 is 0. The summed E-state index contributed by atoms with van der Waals surface area (Å²) in [5.74, 6) is 0.480. The van der Waals surface area contributed by atoms with Crippen LogP contribution in [-0.2, 0) is 30.5 Å². The predicted octanol–water partition coefficient (Wildman–Crippen LogP) is 0.766. The first-order chi connectivity index (χ1) is 18.0. The van der Waals surface area contributed by atoms with Crippen molar-refractivity contribution in [3.63, 3.8) is 0 Å². The maximum absolute atomic E-state index is 13.3. The molecule has 2 saturated heterocycles. The highest BCUT2D eigenvalue weighted by Gasteiger charge is 2.34. The van der Waals surface area contributed by atoms with Gasteiger partial charge in [-0.1, -0.05) is 30.4 Å². The van der Waals surface area contributed by atoms with Gasteiger partial charge in [0, 0.05) is 64.9 Å². The zero-order valence-corrected chi connectivity index (χ0v) is 21.4. The van der Waals surface area contributed by atoms with Crippen molar-refractivity contribution in [2.24, 2.45) is 11.8 Å². The topological polar surface area (TPSA) is 99.7 Å². The van der Waals surface area contributed by atoms with Crippen LogP contribution >= 0.6 is 0 Å². The first-order valence-electron chi connectivity index (χ1n) is 12.9. The molecule has 0 aliphatic carbocycles. The molecule has 0 spiro atoms. The van der Waals surface area contributed by atoms with Crippen LogP contribution in [0.5, 0.6) is 5.75 Å². The van der Waals surface area contributed by atoms with Gasteiger partial charge in [0.25, 0.3) is 0 Å². The number of carbonyl (C=O) groups is 4. The summed E-state index contributed by atoms with van der Waals surface area (Å²) in [6, 6.07) is 7.51. The minimum atomic E-state index is -0.259. The lowest BCUT2D eigenvalue weighted by Gasteiger charge is -2.39. The van der Waals surface area contributed by atoms with Gasteiger partial charge >= 0.3 is 0 Å². The van der Waals surface area contributed by atoms with E-state index >= 15 is 0 Å². The second-order valence-electron chi connectivity index (χ2n) is 9.81. The van der Waals surface area contributed by atoms with E-state index in [4.69, 9.17) is 9.47 Å². The first-order valence-corrected chi connectivity index (χ1v) is 12.9. The van der Waals surface area contributed by atoms with Crippen molar-refractivity contribution in [2.45, 2.75) is 19.4 Å². The first kappa shape index (κ1) is 26.7. The van der Waals surface area contributed by atoms with Crippen LogP contribution in [0.25, 0.3) is 0 Å². The normalized spacial score (nSPS) is 23.6. The molecule has 1 aromatic carbocycles. The summed E-state index contributed by atoms with van der Waals surface area (Å²) in [6.07, 6.45) is 5.96. The lowest BCUT2D eigenvalue weighted by atomic mass is 9.82. The highest BCUT2D eigenvalue weighted by atomic mass is 16.5. The zero-order chi connectivity index (χ0) is 26.2. The lowest BCUT2D eigenvalue weighted by Crippen LogP contribution is -2.50. The van der Waals surface area contributed by atoms with E-state index in [1.54, 1.807) is 9.80 Å². The number of nitrogens with zero attached hydrogens (tertiary/aromatic N) is 4. The van der Waals surface area contributed by atoms with Crippen molar-refractivity contribution in [1.29, 1.82) is 0 Å². The molecule has 2 bridgehead atoms. The Kier molecular flexibility index (Phi) is 9.16. The number of carbonyl (C=O) groups excluding carboxylic acids is 4. The quantitative estimate of drug-likeness (QED) is 0.427. The SMILES string of the molecule is COCC(=O)N1CC(=O)N2CC[C@@H](CC(=O)N3CCN(C=O)CC3)[C@@H](/C=C\COc3ccccc3C1)C2. The van der Waals surface area contributed by atoms with Gasteiger partial charge < -0.3 is 29.1 Å². The number of methoxy groups -OCH3 is 1. The Bertz CT molecular complexity index is 1010. The molecule has 10 heteroatoms. The molecule has 0 unspecified atom stereocenters. The molecule has 3 aliphatic heterocycles. The van der Waals surface area contributed by atoms with Gasteiger partial charge in [-0.2, -0.15) is 0 Å². The molecule has 4 amide bonds. The van der Waals surface area contributed by atoms with Crippen LogP contribution in [-0.4, -0.2) is 110 Å². The van der Waals surface area contributed by atoms with Crippen molar-refractivity contribution in [1.82, 2.24) is 19.6 Å².